The summed E-state index contributed by atoms with van der Waals surface area (Å²) in [5.74, 6) is 0. The number of nitrogens with one attached hydrogen (secondary N) is 1. The van der Waals surface area contributed by atoms with Gasteiger partial charge in [-0.1, -0.05) is 63.2 Å². The molecule has 104 valence electrons. The molecule has 1 heteroatoms. The van der Waals surface area contributed by atoms with E-state index in [1.165, 1.54) is 35.2 Å². The molecule has 1 N–H and O–H groups in total. The molecule has 0 saturated carbocycles. The van der Waals surface area contributed by atoms with Gasteiger partial charge >= 0.3 is 0 Å². The lowest BCUT2D eigenvalue weighted by atomic mass is 9.85. The summed E-state index contributed by atoms with van der Waals surface area (Å²) in [6.45, 7) is 6.82. The Bertz CT molecular complexity index is 607. The molecule has 0 aromatic heterocycles. The topological polar surface area (TPSA) is 12.0 Å². The van der Waals surface area contributed by atoms with Crippen LogP contribution in [0.1, 0.15) is 49.9 Å². The van der Waals surface area contributed by atoms with Crippen molar-refractivity contribution in [2.75, 3.05) is 5.32 Å². The van der Waals surface area contributed by atoms with E-state index in [2.05, 4.69) is 74.6 Å². The second-order valence-corrected chi connectivity index (χ2v) is 6.73. The van der Waals surface area contributed by atoms with E-state index < -0.39 is 0 Å². The molecule has 2 aromatic rings. The molecule has 0 spiro atoms. The summed E-state index contributed by atoms with van der Waals surface area (Å²) in [5.41, 5.74) is 5.81. The molecule has 20 heavy (non-hydrogen) atoms. The number of benzene rings is 2. The lowest BCUT2D eigenvalue weighted by Gasteiger charge is -2.25. The fourth-order valence-electron chi connectivity index (χ4n) is 3.16. The lowest BCUT2D eigenvalue weighted by Crippen LogP contribution is -2.16. The lowest BCUT2D eigenvalue weighted by molar-refractivity contribution is 0.590. The van der Waals surface area contributed by atoms with Gasteiger partial charge in [-0.15, -0.1) is 0 Å². The first-order chi connectivity index (χ1) is 9.55. The number of para-hydroxylation sites is 1. The first-order valence-corrected chi connectivity index (χ1v) is 7.49. The Morgan fingerprint density at radius 2 is 1.65 bits per heavy atom. The molecule has 0 amide bonds. The van der Waals surface area contributed by atoms with Crippen molar-refractivity contribution < 1.29 is 0 Å². The van der Waals surface area contributed by atoms with Gasteiger partial charge in [-0.25, -0.2) is 0 Å². The summed E-state index contributed by atoms with van der Waals surface area (Å²) in [7, 11) is 0. The van der Waals surface area contributed by atoms with Crippen LogP contribution in [0.3, 0.4) is 0 Å². The molecule has 0 aliphatic heterocycles. The van der Waals surface area contributed by atoms with Crippen LogP contribution in [0.15, 0.2) is 48.5 Å². The molecule has 2 aromatic carbocycles. The summed E-state index contributed by atoms with van der Waals surface area (Å²) in [6, 6.07) is 18.0. The first kappa shape index (κ1) is 13.2. The third-order valence-corrected chi connectivity index (χ3v) is 4.20. The van der Waals surface area contributed by atoms with Gasteiger partial charge in [0.1, 0.15) is 0 Å². The highest BCUT2D eigenvalue weighted by atomic mass is 14.9. The summed E-state index contributed by atoms with van der Waals surface area (Å²) >= 11 is 0. The van der Waals surface area contributed by atoms with Crippen molar-refractivity contribution in [2.45, 2.75) is 45.1 Å². The van der Waals surface area contributed by atoms with Gasteiger partial charge < -0.3 is 5.32 Å². The molecule has 1 unspecified atom stereocenters. The first-order valence-electron chi connectivity index (χ1n) is 7.49. The molecule has 1 atom stereocenters. The maximum Gasteiger partial charge on any atom is 0.0519 e. The van der Waals surface area contributed by atoms with Gasteiger partial charge in [0.2, 0.25) is 0 Å². The van der Waals surface area contributed by atoms with Gasteiger partial charge in [0, 0.05) is 5.69 Å². The average Bonchev–Trinajstić information content (AvgIpc) is 2.82. The maximum atomic E-state index is 3.77. The van der Waals surface area contributed by atoms with Crippen molar-refractivity contribution in [3.63, 3.8) is 0 Å². The average molecular weight is 265 g/mol. The summed E-state index contributed by atoms with van der Waals surface area (Å²) in [4.78, 5) is 0. The van der Waals surface area contributed by atoms with E-state index in [1.807, 2.05) is 0 Å². The van der Waals surface area contributed by atoms with Crippen molar-refractivity contribution in [3.8, 4) is 0 Å². The smallest absolute Gasteiger partial charge is 0.0519 e. The normalized spacial score (nSPS) is 17.9. The van der Waals surface area contributed by atoms with Crippen LogP contribution in [0, 0.1) is 0 Å². The second-order valence-electron chi connectivity index (χ2n) is 6.73. The Morgan fingerprint density at radius 3 is 2.45 bits per heavy atom. The largest absolute Gasteiger partial charge is 0.378 e. The Labute approximate surface area is 122 Å². The van der Waals surface area contributed by atoms with E-state index >= 15 is 0 Å². The molecule has 1 aliphatic rings. The molecule has 0 saturated heterocycles. The van der Waals surface area contributed by atoms with Gasteiger partial charge in [-0.3, -0.25) is 0 Å². The highest BCUT2D eigenvalue weighted by molar-refractivity contribution is 5.56. The monoisotopic (exact) mass is 265 g/mol. The van der Waals surface area contributed by atoms with Gasteiger partial charge in [-0.2, -0.15) is 0 Å². The van der Waals surface area contributed by atoms with Gasteiger partial charge in [0.15, 0.2) is 0 Å². The van der Waals surface area contributed by atoms with Crippen molar-refractivity contribution in [1.29, 1.82) is 0 Å². The molecule has 1 nitrogen and oxygen atoms in total. The van der Waals surface area contributed by atoms with E-state index in [0.29, 0.717) is 6.04 Å². The Hall–Kier alpha value is -1.76. The van der Waals surface area contributed by atoms with Crippen molar-refractivity contribution >= 4 is 5.69 Å². The molecule has 0 fully saturated rings. The number of aryl methyl sites for hydroxylation is 1. The van der Waals surface area contributed by atoms with Crippen LogP contribution in [-0.4, -0.2) is 0 Å². The molecular weight excluding hydrogens is 242 g/mol. The van der Waals surface area contributed by atoms with Crippen LogP contribution in [0.4, 0.5) is 5.69 Å². The van der Waals surface area contributed by atoms with E-state index in [-0.39, 0.29) is 5.41 Å². The maximum absolute atomic E-state index is 3.77. The summed E-state index contributed by atoms with van der Waals surface area (Å²) in [6.07, 6.45) is 2.38. The quantitative estimate of drug-likeness (QED) is 0.798. The van der Waals surface area contributed by atoms with E-state index in [1.54, 1.807) is 0 Å². The molecular formula is C19H23N. The van der Waals surface area contributed by atoms with Gasteiger partial charge in [0.25, 0.3) is 0 Å². The van der Waals surface area contributed by atoms with E-state index in [0.717, 1.165) is 0 Å². The number of rotatable bonds is 2. The number of anilines is 1. The number of hydrogen-bond donors (Lipinski definition) is 1. The van der Waals surface area contributed by atoms with E-state index in [9.17, 15) is 0 Å². The van der Waals surface area contributed by atoms with Crippen molar-refractivity contribution in [3.05, 3.63) is 65.2 Å². The standard InChI is InChI=1S/C19H23N/c1-19(2,3)16-10-6-7-11-18(16)20-17-13-12-14-8-4-5-9-15(14)17/h4-11,17,20H,12-13H2,1-3H3. The van der Waals surface area contributed by atoms with Gasteiger partial charge in [0.05, 0.1) is 6.04 Å². The van der Waals surface area contributed by atoms with Crippen molar-refractivity contribution in [1.82, 2.24) is 0 Å². The predicted octanol–water partition coefficient (Wildman–Crippen LogP) is 5.08. The Balaban J connectivity index is 1.90. The summed E-state index contributed by atoms with van der Waals surface area (Å²) in [5, 5.41) is 3.77. The molecule has 0 radical (unpaired) electrons. The zero-order valence-electron chi connectivity index (χ0n) is 12.6. The molecule has 1 aliphatic carbocycles. The highest BCUT2D eigenvalue weighted by Crippen LogP contribution is 2.36. The fraction of sp³-hybridized carbons (Fsp3) is 0.368. The minimum Gasteiger partial charge on any atom is -0.378 e. The second kappa shape index (κ2) is 4.97. The summed E-state index contributed by atoms with van der Waals surface area (Å²) < 4.78 is 0. The van der Waals surface area contributed by atoms with Crippen LogP contribution >= 0.6 is 0 Å². The highest BCUT2D eigenvalue weighted by Gasteiger charge is 2.24. The number of fused-ring (bicyclic) bond motifs is 1. The SMILES string of the molecule is CC(C)(C)c1ccccc1NC1CCc2ccccc21. The number of hydrogen-bond acceptors (Lipinski definition) is 1. The predicted molar refractivity (Wildman–Crippen MR) is 86.3 cm³/mol. The molecule has 0 bridgehead atoms. The van der Waals surface area contributed by atoms with Crippen LogP contribution < -0.4 is 5.32 Å². The Morgan fingerprint density at radius 1 is 0.950 bits per heavy atom. The zero-order chi connectivity index (χ0) is 14.2. The van der Waals surface area contributed by atoms with Crippen LogP contribution in [0.25, 0.3) is 0 Å². The van der Waals surface area contributed by atoms with Crippen LogP contribution in [0.5, 0.6) is 0 Å². The Kier molecular flexibility index (Phi) is 3.29. The van der Waals surface area contributed by atoms with Crippen molar-refractivity contribution in [2.24, 2.45) is 0 Å². The minimum absolute atomic E-state index is 0.168. The molecule has 3 rings (SSSR count). The van der Waals surface area contributed by atoms with Gasteiger partial charge in [-0.05, 0) is 41.0 Å². The van der Waals surface area contributed by atoms with Crippen LogP contribution in [0.2, 0.25) is 0 Å². The van der Waals surface area contributed by atoms with Crippen LogP contribution in [-0.2, 0) is 11.8 Å². The third-order valence-electron chi connectivity index (χ3n) is 4.20. The minimum atomic E-state index is 0.168. The zero-order valence-corrected chi connectivity index (χ0v) is 12.6. The third kappa shape index (κ3) is 2.45. The fourth-order valence-corrected chi connectivity index (χ4v) is 3.16. The van der Waals surface area contributed by atoms with E-state index in [4.69, 9.17) is 0 Å². The molecule has 0 heterocycles.